The number of fused-ring (bicyclic) bond motifs is 2. The van der Waals surface area contributed by atoms with Crippen LogP contribution in [0.15, 0.2) is 49.1 Å². The lowest BCUT2D eigenvalue weighted by Crippen LogP contribution is -2.23. The highest BCUT2D eigenvalue weighted by molar-refractivity contribution is 5.93. The van der Waals surface area contributed by atoms with Gasteiger partial charge >= 0.3 is 6.09 Å². The Morgan fingerprint density at radius 3 is 2.67 bits per heavy atom. The Labute approximate surface area is 190 Å². The molecule has 0 aromatic carbocycles. The van der Waals surface area contributed by atoms with Crippen LogP contribution < -0.4 is 5.32 Å². The molecule has 0 radical (unpaired) electrons. The highest BCUT2D eigenvalue weighted by atomic mass is 16.6. The second-order valence-electron chi connectivity index (χ2n) is 9.03. The molecule has 1 N–H and O–H groups in total. The Balaban J connectivity index is 1.27. The maximum atomic E-state index is 12.8. The lowest BCUT2D eigenvalue weighted by Gasteiger charge is -2.21. The highest BCUT2D eigenvalue weighted by Gasteiger charge is 2.30. The summed E-state index contributed by atoms with van der Waals surface area (Å²) in [6.07, 6.45) is 14.1. The summed E-state index contributed by atoms with van der Waals surface area (Å²) < 4.78 is 9.18. The number of ether oxygens (including phenoxy) is 1. The third-order valence-electron chi connectivity index (χ3n) is 6.54. The summed E-state index contributed by atoms with van der Waals surface area (Å²) in [7, 11) is 0. The van der Waals surface area contributed by atoms with Gasteiger partial charge in [-0.15, -0.1) is 0 Å². The number of pyridine rings is 2. The van der Waals surface area contributed by atoms with E-state index in [9.17, 15) is 9.59 Å². The maximum Gasteiger partial charge on any atom is 0.418 e. The zero-order chi connectivity index (χ0) is 22.4. The number of nitrogens with one attached hydrogen (secondary N) is 1. The molecule has 0 spiro atoms. The minimum Gasteiger partial charge on any atom is -0.446 e. The van der Waals surface area contributed by atoms with Crippen molar-refractivity contribution >= 4 is 34.5 Å². The summed E-state index contributed by atoms with van der Waals surface area (Å²) in [5, 5.41) is 2.89. The van der Waals surface area contributed by atoms with Crippen LogP contribution in [0.4, 0.5) is 10.6 Å². The van der Waals surface area contributed by atoms with E-state index in [0.29, 0.717) is 5.82 Å². The number of anilines is 1. The molecule has 2 fully saturated rings. The Morgan fingerprint density at radius 1 is 1.00 bits per heavy atom. The number of carbonyl (C=O) groups is 2. The van der Waals surface area contributed by atoms with Crippen molar-refractivity contribution in [3.05, 3.63) is 49.1 Å². The standard InChI is InChI=1S/C25H25N5O3/c31-24(16-6-7-16)28-22-15-29-14-17(8-9-23(29)27-22)18-12-21-20(26-13-18)10-11-30(21)25(32)33-19-4-2-1-3-5-19/h8-16,19H,1-7H2,(H,28,31). The van der Waals surface area contributed by atoms with Crippen molar-refractivity contribution in [2.24, 2.45) is 5.92 Å². The van der Waals surface area contributed by atoms with Crippen LogP contribution in [0.25, 0.3) is 27.8 Å². The van der Waals surface area contributed by atoms with E-state index < -0.39 is 0 Å². The van der Waals surface area contributed by atoms with Gasteiger partial charge in [0.1, 0.15) is 11.8 Å². The van der Waals surface area contributed by atoms with E-state index in [2.05, 4.69) is 15.3 Å². The molecule has 0 aliphatic heterocycles. The molecular weight excluding hydrogens is 418 g/mol. The average Bonchev–Trinajstić information content (AvgIpc) is 3.48. The molecule has 1 amide bonds. The molecule has 4 aromatic heterocycles. The molecule has 33 heavy (non-hydrogen) atoms. The van der Waals surface area contributed by atoms with E-state index in [0.717, 1.165) is 66.3 Å². The number of imidazole rings is 1. The van der Waals surface area contributed by atoms with Gasteiger partial charge in [0, 0.05) is 35.6 Å². The lowest BCUT2D eigenvalue weighted by atomic mass is 9.98. The van der Waals surface area contributed by atoms with E-state index in [4.69, 9.17) is 4.74 Å². The second kappa shape index (κ2) is 8.03. The number of amides is 1. The van der Waals surface area contributed by atoms with Gasteiger partial charge in [-0.2, -0.15) is 0 Å². The average molecular weight is 444 g/mol. The molecule has 2 aliphatic carbocycles. The van der Waals surface area contributed by atoms with Crippen LogP contribution >= 0.6 is 0 Å². The van der Waals surface area contributed by atoms with Crippen LogP contribution in [-0.4, -0.2) is 37.0 Å². The van der Waals surface area contributed by atoms with Crippen LogP contribution in [0.2, 0.25) is 0 Å². The fourth-order valence-electron chi connectivity index (χ4n) is 4.51. The van der Waals surface area contributed by atoms with E-state index in [1.807, 2.05) is 41.1 Å². The number of hydrogen-bond acceptors (Lipinski definition) is 5. The maximum absolute atomic E-state index is 12.8. The summed E-state index contributed by atoms with van der Waals surface area (Å²) >= 11 is 0. The van der Waals surface area contributed by atoms with Crippen molar-refractivity contribution in [3.63, 3.8) is 0 Å². The molecule has 2 aliphatic rings. The first-order chi connectivity index (χ1) is 16.1. The van der Waals surface area contributed by atoms with Gasteiger partial charge in [-0.3, -0.25) is 14.3 Å². The van der Waals surface area contributed by atoms with Gasteiger partial charge in [-0.1, -0.05) is 6.42 Å². The minimum absolute atomic E-state index is 0.00177. The monoisotopic (exact) mass is 443 g/mol. The Kier molecular flexibility index (Phi) is 4.86. The summed E-state index contributed by atoms with van der Waals surface area (Å²) in [4.78, 5) is 33.9. The van der Waals surface area contributed by atoms with Crippen molar-refractivity contribution in [2.75, 3.05) is 5.32 Å². The molecule has 168 valence electrons. The smallest absolute Gasteiger partial charge is 0.418 e. The molecule has 0 saturated heterocycles. The van der Waals surface area contributed by atoms with E-state index in [-0.39, 0.29) is 24.0 Å². The van der Waals surface area contributed by atoms with Gasteiger partial charge in [0.2, 0.25) is 5.91 Å². The van der Waals surface area contributed by atoms with Gasteiger partial charge in [-0.25, -0.2) is 9.78 Å². The number of aromatic nitrogens is 4. The second-order valence-corrected chi connectivity index (χ2v) is 9.03. The number of hydrogen-bond donors (Lipinski definition) is 1. The molecule has 2 saturated carbocycles. The molecule has 4 heterocycles. The van der Waals surface area contributed by atoms with Crippen LogP contribution in [-0.2, 0) is 9.53 Å². The molecule has 4 aromatic rings. The summed E-state index contributed by atoms with van der Waals surface area (Å²) in [5.41, 5.74) is 4.03. The largest absolute Gasteiger partial charge is 0.446 e. The van der Waals surface area contributed by atoms with Crippen molar-refractivity contribution < 1.29 is 14.3 Å². The van der Waals surface area contributed by atoms with Crippen molar-refractivity contribution in [1.82, 2.24) is 18.9 Å². The molecule has 0 bridgehead atoms. The first kappa shape index (κ1) is 20.0. The Hall–Kier alpha value is -3.68. The topological polar surface area (TPSA) is 90.5 Å². The van der Waals surface area contributed by atoms with Gasteiger partial charge in [0.05, 0.1) is 17.2 Å². The zero-order valence-electron chi connectivity index (χ0n) is 18.2. The first-order valence-corrected chi connectivity index (χ1v) is 11.6. The number of nitrogens with zero attached hydrogens (tertiary/aromatic N) is 4. The molecule has 0 atom stereocenters. The van der Waals surface area contributed by atoms with Crippen molar-refractivity contribution in [1.29, 1.82) is 0 Å². The predicted molar refractivity (Wildman–Crippen MR) is 124 cm³/mol. The Morgan fingerprint density at radius 2 is 1.85 bits per heavy atom. The summed E-state index contributed by atoms with van der Waals surface area (Å²) in [6, 6.07) is 7.65. The molecule has 0 unspecified atom stereocenters. The van der Waals surface area contributed by atoms with Crippen molar-refractivity contribution in [3.8, 4) is 11.1 Å². The highest BCUT2D eigenvalue weighted by Crippen LogP contribution is 2.30. The third kappa shape index (κ3) is 3.97. The van der Waals surface area contributed by atoms with E-state index in [1.54, 1.807) is 17.0 Å². The van der Waals surface area contributed by atoms with Gasteiger partial charge < -0.3 is 14.5 Å². The minimum atomic E-state index is -0.350. The van der Waals surface area contributed by atoms with Crippen LogP contribution in [0.5, 0.6) is 0 Å². The fraction of sp³-hybridized carbons (Fsp3) is 0.360. The molecule has 8 heteroatoms. The normalized spacial score (nSPS) is 16.8. The molecule has 6 rings (SSSR count). The first-order valence-electron chi connectivity index (χ1n) is 11.6. The SMILES string of the molecule is O=C(Nc1cn2cc(-c3cnc4ccn(C(=O)OC5CCCCC5)c4c3)ccc2n1)C1CC1. The zero-order valence-corrected chi connectivity index (χ0v) is 18.2. The van der Waals surface area contributed by atoms with Gasteiger partial charge in [-0.05, 0) is 62.8 Å². The Bertz CT molecular complexity index is 1360. The number of carbonyl (C=O) groups excluding carboxylic acids is 2. The van der Waals surface area contributed by atoms with Crippen molar-refractivity contribution in [2.45, 2.75) is 51.0 Å². The van der Waals surface area contributed by atoms with E-state index >= 15 is 0 Å². The predicted octanol–water partition coefficient (Wildman–Crippen LogP) is 5.02. The summed E-state index contributed by atoms with van der Waals surface area (Å²) in [6.45, 7) is 0. The van der Waals surface area contributed by atoms with Crippen LogP contribution in [0.3, 0.4) is 0 Å². The number of rotatable bonds is 4. The van der Waals surface area contributed by atoms with Gasteiger partial charge in [0.15, 0.2) is 5.82 Å². The van der Waals surface area contributed by atoms with E-state index in [1.165, 1.54) is 6.42 Å². The summed E-state index contributed by atoms with van der Waals surface area (Å²) in [5.74, 6) is 0.718. The molecular formula is C25H25N5O3. The quantitative estimate of drug-likeness (QED) is 0.478. The lowest BCUT2D eigenvalue weighted by molar-refractivity contribution is -0.117. The van der Waals surface area contributed by atoms with Crippen LogP contribution in [0.1, 0.15) is 44.9 Å². The molecule has 8 nitrogen and oxygen atoms in total. The fourth-order valence-corrected chi connectivity index (χ4v) is 4.51. The van der Waals surface area contributed by atoms with Gasteiger partial charge in [0.25, 0.3) is 0 Å². The van der Waals surface area contributed by atoms with Crippen LogP contribution in [0, 0.1) is 5.92 Å². The third-order valence-corrected chi connectivity index (χ3v) is 6.54.